The average Bonchev–Trinajstić information content (AvgIpc) is 2.70. The summed E-state index contributed by atoms with van der Waals surface area (Å²) < 4.78 is 6.34. The molecule has 28 heavy (non-hydrogen) atoms. The van der Waals surface area contributed by atoms with Gasteiger partial charge in [-0.2, -0.15) is 5.26 Å². The molecule has 0 unspecified atom stereocenters. The Bertz CT molecular complexity index is 1050. The lowest BCUT2D eigenvalue weighted by atomic mass is 10.0. The van der Waals surface area contributed by atoms with Gasteiger partial charge in [-0.15, -0.1) is 0 Å². The zero-order valence-corrected chi connectivity index (χ0v) is 17.4. The first-order valence-electron chi connectivity index (χ1n) is 8.70. The van der Waals surface area contributed by atoms with E-state index in [-0.39, 0.29) is 11.5 Å². The van der Waals surface area contributed by atoms with E-state index in [2.05, 4.69) is 6.07 Å². The van der Waals surface area contributed by atoms with E-state index in [4.69, 9.17) is 10.00 Å². The van der Waals surface area contributed by atoms with Crippen molar-refractivity contribution in [2.75, 3.05) is 0 Å². The number of hydrogen-bond acceptors (Lipinski definition) is 4. The van der Waals surface area contributed by atoms with E-state index in [1.54, 1.807) is 18.2 Å². The molecule has 0 saturated heterocycles. The fraction of sp³-hybridized carbons (Fsp3) is 0.130. The van der Waals surface area contributed by atoms with E-state index < -0.39 is 0 Å². The van der Waals surface area contributed by atoms with Crippen molar-refractivity contribution in [3.8, 4) is 17.6 Å². The van der Waals surface area contributed by atoms with Crippen molar-refractivity contribution in [3.63, 3.8) is 0 Å². The zero-order chi connectivity index (χ0) is 20.1. The number of hydrogen-bond donors (Lipinski definition) is 1. The van der Waals surface area contributed by atoms with Gasteiger partial charge in [-0.25, -0.2) is 0 Å². The third-order valence-electron chi connectivity index (χ3n) is 4.34. The van der Waals surface area contributed by atoms with E-state index in [1.807, 2.05) is 65.1 Å². The Labute approximate surface area is 177 Å². The van der Waals surface area contributed by atoms with Gasteiger partial charge in [0.1, 0.15) is 18.1 Å². The number of ketones is 1. The Kier molecular flexibility index (Phi) is 6.32. The van der Waals surface area contributed by atoms with Gasteiger partial charge in [0.15, 0.2) is 5.78 Å². The first-order valence-corrected chi connectivity index (χ1v) is 9.78. The molecule has 3 aromatic rings. The van der Waals surface area contributed by atoms with Gasteiger partial charge in [-0.3, -0.25) is 4.79 Å². The molecule has 0 aromatic heterocycles. The van der Waals surface area contributed by atoms with E-state index in [9.17, 15) is 9.90 Å². The second-order valence-electron chi connectivity index (χ2n) is 6.42. The number of nitriles is 1. The van der Waals surface area contributed by atoms with Crippen molar-refractivity contribution < 1.29 is 14.6 Å². The van der Waals surface area contributed by atoms with Gasteiger partial charge in [0, 0.05) is 0 Å². The lowest BCUT2D eigenvalue weighted by molar-refractivity contribution is 0.101. The molecule has 0 amide bonds. The minimum absolute atomic E-state index is 0.0412. The second kappa shape index (κ2) is 8.89. The van der Waals surface area contributed by atoms with E-state index >= 15 is 0 Å². The number of carbonyl (C=O) groups excluding carboxylic acids is 1. The number of Topliss-reactive ketones (excluding diaryl/α,β-unsaturated/α-hetero) is 1. The lowest BCUT2D eigenvalue weighted by Gasteiger charge is -2.11. The van der Waals surface area contributed by atoms with E-state index in [0.717, 1.165) is 23.1 Å². The smallest absolute Gasteiger partial charge is 0.163 e. The van der Waals surface area contributed by atoms with Crippen LogP contribution in [0.3, 0.4) is 0 Å². The van der Waals surface area contributed by atoms with Gasteiger partial charge in [0.25, 0.3) is 0 Å². The summed E-state index contributed by atoms with van der Waals surface area (Å²) in [4.78, 5) is 11.5. The number of phenolic OH excluding ortho intramolecular Hbond substituents is 1. The Balaban J connectivity index is 1.66. The highest BCUT2D eigenvalue weighted by Crippen LogP contribution is 2.33. The Morgan fingerprint density at radius 2 is 1.79 bits per heavy atom. The molecule has 0 radical (unpaired) electrons. The van der Waals surface area contributed by atoms with Crippen LogP contribution in [0.4, 0.5) is 0 Å². The first kappa shape index (κ1) is 19.9. The highest BCUT2D eigenvalue weighted by molar-refractivity contribution is 14.1. The van der Waals surface area contributed by atoms with Crippen LogP contribution < -0.4 is 4.74 Å². The fourth-order valence-electron chi connectivity index (χ4n) is 2.84. The van der Waals surface area contributed by atoms with Crippen molar-refractivity contribution >= 4 is 28.4 Å². The number of rotatable bonds is 6. The largest absolute Gasteiger partial charge is 0.506 e. The molecule has 0 aliphatic rings. The summed E-state index contributed by atoms with van der Waals surface area (Å²) in [7, 11) is 0. The quantitative estimate of drug-likeness (QED) is 0.385. The molecule has 1 N–H and O–H groups in total. The summed E-state index contributed by atoms with van der Waals surface area (Å²) in [5.74, 6) is 0.318. The number of benzene rings is 3. The summed E-state index contributed by atoms with van der Waals surface area (Å²) in [6, 6.07) is 21.1. The molecule has 0 saturated carbocycles. The van der Waals surface area contributed by atoms with Crippen LogP contribution >= 0.6 is 22.6 Å². The minimum Gasteiger partial charge on any atom is -0.506 e. The van der Waals surface area contributed by atoms with Crippen LogP contribution in [0.5, 0.6) is 11.5 Å². The van der Waals surface area contributed by atoms with Gasteiger partial charge in [0.05, 0.1) is 20.8 Å². The number of phenols is 1. The van der Waals surface area contributed by atoms with Crippen LogP contribution in [0, 0.1) is 14.9 Å². The highest BCUT2D eigenvalue weighted by Gasteiger charge is 2.14. The molecule has 0 aliphatic heterocycles. The third kappa shape index (κ3) is 4.70. The van der Waals surface area contributed by atoms with Gasteiger partial charge in [-0.05, 0) is 76.9 Å². The first-order chi connectivity index (χ1) is 13.5. The van der Waals surface area contributed by atoms with E-state index in [0.29, 0.717) is 27.1 Å². The number of carbonyl (C=O) groups is 1. The Morgan fingerprint density at radius 1 is 1.07 bits per heavy atom. The summed E-state index contributed by atoms with van der Waals surface area (Å²) >= 11 is 1.98. The molecule has 0 aliphatic carbocycles. The van der Waals surface area contributed by atoms with Crippen molar-refractivity contribution in [2.45, 2.75) is 20.0 Å². The van der Waals surface area contributed by atoms with Gasteiger partial charge < -0.3 is 9.84 Å². The predicted octanol–water partition coefficient (Wildman–Crippen LogP) is 5.24. The van der Waals surface area contributed by atoms with Crippen LogP contribution in [0.1, 0.15) is 39.5 Å². The summed E-state index contributed by atoms with van der Waals surface area (Å²) in [5, 5.41) is 19.1. The molecule has 0 spiro atoms. The molecular formula is C23H18INO3. The summed E-state index contributed by atoms with van der Waals surface area (Å²) in [6.45, 7) is 1.78. The van der Waals surface area contributed by atoms with Crippen LogP contribution in [0.25, 0.3) is 0 Å². The number of ether oxygens (including phenoxy) is 1. The number of halogens is 1. The maximum Gasteiger partial charge on any atom is 0.163 e. The fourth-order valence-corrected chi connectivity index (χ4v) is 3.47. The Hall–Kier alpha value is -2.85. The summed E-state index contributed by atoms with van der Waals surface area (Å²) in [6.07, 6.45) is 0.759. The molecule has 0 atom stereocenters. The van der Waals surface area contributed by atoms with Crippen LogP contribution in [-0.2, 0) is 13.0 Å². The van der Waals surface area contributed by atoms with E-state index in [1.165, 1.54) is 6.92 Å². The highest BCUT2D eigenvalue weighted by atomic mass is 127. The standard InChI is InChI=1S/C23H18INO3/c1-15(26)20-9-10-21(22(24)23(20)27)28-14-17-7-5-16(6-8-17)11-18-3-2-4-19(12-18)13-25/h2-10,12,27H,11,14H2,1H3. The molecule has 0 bridgehead atoms. The molecule has 0 fully saturated rings. The van der Waals surface area contributed by atoms with Gasteiger partial charge in [-0.1, -0.05) is 36.4 Å². The normalized spacial score (nSPS) is 10.3. The lowest BCUT2D eigenvalue weighted by Crippen LogP contribution is -2.00. The molecule has 4 nitrogen and oxygen atoms in total. The molecule has 5 heteroatoms. The molecule has 140 valence electrons. The van der Waals surface area contributed by atoms with Crippen molar-refractivity contribution in [3.05, 3.63) is 92.1 Å². The molecular weight excluding hydrogens is 465 g/mol. The third-order valence-corrected chi connectivity index (χ3v) is 5.38. The monoisotopic (exact) mass is 483 g/mol. The minimum atomic E-state index is -0.183. The zero-order valence-electron chi connectivity index (χ0n) is 15.3. The SMILES string of the molecule is CC(=O)c1ccc(OCc2ccc(Cc3cccc(C#N)c3)cc2)c(I)c1O. The molecule has 3 aromatic carbocycles. The average molecular weight is 483 g/mol. The second-order valence-corrected chi connectivity index (χ2v) is 7.50. The molecule has 3 rings (SSSR count). The van der Waals surface area contributed by atoms with Crippen LogP contribution in [-0.4, -0.2) is 10.9 Å². The maximum atomic E-state index is 11.5. The maximum absolute atomic E-state index is 11.5. The topological polar surface area (TPSA) is 70.3 Å². The number of aromatic hydroxyl groups is 1. The van der Waals surface area contributed by atoms with Crippen LogP contribution in [0.2, 0.25) is 0 Å². The summed E-state index contributed by atoms with van der Waals surface area (Å²) in [5.41, 5.74) is 4.20. The van der Waals surface area contributed by atoms with Crippen molar-refractivity contribution in [1.29, 1.82) is 5.26 Å². The van der Waals surface area contributed by atoms with Gasteiger partial charge in [0.2, 0.25) is 0 Å². The molecule has 0 heterocycles. The predicted molar refractivity (Wildman–Crippen MR) is 116 cm³/mol. The Morgan fingerprint density at radius 3 is 2.46 bits per heavy atom. The number of nitrogens with zero attached hydrogens (tertiary/aromatic N) is 1. The van der Waals surface area contributed by atoms with Gasteiger partial charge >= 0.3 is 0 Å². The van der Waals surface area contributed by atoms with Crippen LogP contribution in [0.15, 0.2) is 60.7 Å². The van der Waals surface area contributed by atoms with Crippen molar-refractivity contribution in [2.24, 2.45) is 0 Å². The van der Waals surface area contributed by atoms with Crippen molar-refractivity contribution in [1.82, 2.24) is 0 Å².